The first-order chi connectivity index (χ1) is 6.95. The van der Waals surface area contributed by atoms with E-state index in [0.717, 1.165) is 5.75 Å². The topological polar surface area (TPSA) is 110 Å². The summed E-state index contributed by atoms with van der Waals surface area (Å²) in [4.78, 5) is 10.4. The molecule has 15 heavy (non-hydrogen) atoms. The molecule has 0 fully saturated rings. The second-order valence-corrected chi connectivity index (χ2v) is 5.18. The summed E-state index contributed by atoms with van der Waals surface area (Å²) < 4.78 is 0.109. The van der Waals surface area contributed by atoms with Crippen LogP contribution in [-0.2, 0) is 4.79 Å². The second-order valence-electron chi connectivity index (χ2n) is 3.08. The van der Waals surface area contributed by atoms with Crippen molar-refractivity contribution in [1.82, 2.24) is 0 Å². The van der Waals surface area contributed by atoms with Crippen molar-refractivity contribution >= 4 is 37.9 Å². The van der Waals surface area contributed by atoms with Gasteiger partial charge in [0, 0.05) is 0 Å². The van der Waals surface area contributed by atoms with Crippen LogP contribution in [0, 0.1) is 0 Å². The van der Waals surface area contributed by atoms with Gasteiger partial charge in [0.25, 0.3) is 0 Å². The van der Waals surface area contributed by atoms with Gasteiger partial charge in [0.15, 0.2) is 0 Å². The summed E-state index contributed by atoms with van der Waals surface area (Å²) in [6, 6.07) is -1.13. The zero-order valence-electron chi connectivity index (χ0n) is 8.26. The van der Waals surface area contributed by atoms with Gasteiger partial charge in [-0.15, -0.1) is 0 Å². The molecule has 0 aliphatic carbocycles. The zero-order chi connectivity index (χ0) is 11.8. The Labute approximate surface area is 101 Å². The van der Waals surface area contributed by atoms with Crippen LogP contribution in [0.25, 0.3) is 0 Å². The molecular weight excluding hydrogens is 283 g/mol. The predicted molar refractivity (Wildman–Crippen MR) is 62.8 cm³/mol. The van der Waals surface area contributed by atoms with Crippen molar-refractivity contribution in [3.05, 3.63) is 0 Å². The number of aliphatic carboxylic acids is 1. The molecular formula is C8H16N2O3SSe. The minimum absolute atomic E-state index is 0.109. The monoisotopic (exact) mass is 300 g/mol. The third-order valence-corrected chi connectivity index (χ3v) is 3.46. The van der Waals surface area contributed by atoms with Gasteiger partial charge in [0.05, 0.1) is 0 Å². The number of aliphatic hydroxyl groups is 1. The molecule has 0 aromatic heterocycles. The molecule has 7 heteroatoms. The Morgan fingerprint density at radius 1 is 1.20 bits per heavy atom. The summed E-state index contributed by atoms with van der Waals surface area (Å²) in [7, 11) is 0. The number of carbonyl (C=O) groups is 1. The fraction of sp³-hybridized carbons (Fsp3) is 0.750. The number of carboxylic acid groups (broad SMARTS) is 1. The first-order valence-corrected chi connectivity index (χ1v) is 6.50. The van der Waals surface area contributed by atoms with Gasteiger partial charge >= 0.3 is 101 Å². The number of hydrogen-bond donors (Lipinski definition) is 4. The first-order valence-electron chi connectivity index (χ1n) is 4.49. The van der Waals surface area contributed by atoms with Gasteiger partial charge in [-0.3, -0.25) is 0 Å². The van der Waals surface area contributed by atoms with Gasteiger partial charge in [-0.1, -0.05) is 0 Å². The summed E-state index contributed by atoms with van der Waals surface area (Å²) in [5.74, 6) is 0.495. The van der Waals surface area contributed by atoms with E-state index in [2.05, 4.69) is 15.6 Å². The number of carboxylic acids is 1. The molecule has 0 rings (SSSR count). The summed E-state index contributed by atoms with van der Waals surface area (Å²) in [5.41, 5.74) is 10.9. The zero-order valence-corrected chi connectivity index (χ0v) is 10.8. The van der Waals surface area contributed by atoms with Gasteiger partial charge in [0.2, 0.25) is 0 Å². The van der Waals surface area contributed by atoms with Crippen molar-refractivity contribution < 1.29 is 15.0 Å². The fourth-order valence-corrected chi connectivity index (χ4v) is 2.06. The van der Waals surface area contributed by atoms with E-state index in [0.29, 0.717) is 18.6 Å². The van der Waals surface area contributed by atoms with Crippen molar-refractivity contribution in [2.24, 2.45) is 11.5 Å². The van der Waals surface area contributed by atoms with Gasteiger partial charge in [-0.2, -0.15) is 0 Å². The third-order valence-electron chi connectivity index (χ3n) is 1.78. The van der Waals surface area contributed by atoms with E-state index >= 15 is 0 Å². The predicted octanol–water partition coefficient (Wildman–Crippen LogP) is -1.09. The van der Waals surface area contributed by atoms with Gasteiger partial charge in [-0.05, 0) is 0 Å². The van der Waals surface area contributed by atoms with Crippen LogP contribution in [-0.4, -0.2) is 60.0 Å². The van der Waals surface area contributed by atoms with Crippen LogP contribution >= 0.6 is 11.8 Å². The van der Waals surface area contributed by atoms with E-state index < -0.39 is 12.0 Å². The molecule has 0 heterocycles. The molecule has 0 bridgehead atoms. The summed E-state index contributed by atoms with van der Waals surface area (Å²) in [6.07, 6.45) is 1.11. The number of nitrogens with two attached hydrogens (primary N) is 2. The molecule has 0 unspecified atom stereocenters. The Morgan fingerprint density at radius 3 is 2.07 bits per heavy atom. The molecule has 88 valence electrons. The molecule has 0 aliphatic rings. The van der Waals surface area contributed by atoms with Crippen LogP contribution in [0.1, 0.15) is 12.8 Å². The Morgan fingerprint density at radius 2 is 1.67 bits per heavy atom. The standard InChI is InChI=1S/C8H16N2O3SSe/c9-5(7(11)12)1-3-14-4-2-6(10)8(13)15/h5-6H,1-4,9-10H2,(H,11,12)(H,13,15)/t5-,6-/m0/s1. The van der Waals surface area contributed by atoms with Crippen LogP contribution in [0.3, 0.4) is 0 Å². The van der Waals surface area contributed by atoms with E-state index in [1.54, 1.807) is 11.8 Å². The number of hydrogen-bond acceptors (Lipinski definition) is 5. The van der Waals surface area contributed by atoms with Gasteiger partial charge < -0.3 is 0 Å². The summed E-state index contributed by atoms with van der Waals surface area (Å²) >= 11 is 4.04. The van der Waals surface area contributed by atoms with Crippen LogP contribution in [0.4, 0.5) is 0 Å². The van der Waals surface area contributed by atoms with Gasteiger partial charge in [0.1, 0.15) is 0 Å². The number of rotatable bonds is 8. The molecule has 0 saturated heterocycles. The van der Waals surface area contributed by atoms with Crippen LogP contribution in [0.5, 0.6) is 0 Å². The normalized spacial score (nSPS) is 14.5. The molecule has 0 saturated carbocycles. The second kappa shape index (κ2) is 8.12. The molecule has 0 spiro atoms. The van der Waals surface area contributed by atoms with Crippen LogP contribution < -0.4 is 11.5 Å². The average molecular weight is 299 g/mol. The Bertz CT molecular complexity index is 206. The first kappa shape index (κ1) is 14.9. The van der Waals surface area contributed by atoms with E-state index in [1.807, 2.05) is 0 Å². The maximum atomic E-state index is 10.4. The SMILES string of the molecule is N[C@@H](CCSCC[C@H](N)C(O)=[Se])C(=O)O. The van der Waals surface area contributed by atoms with Crippen molar-refractivity contribution in [2.75, 3.05) is 11.5 Å². The minimum atomic E-state index is -0.971. The Balaban J connectivity index is 3.40. The Kier molecular flexibility index (Phi) is 8.09. The number of thioether (sulfide) groups is 1. The van der Waals surface area contributed by atoms with E-state index in [9.17, 15) is 4.79 Å². The van der Waals surface area contributed by atoms with Crippen LogP contribution in [0.2, 0.25) is 0 Å². The Hall–Kier alpha value is -0.0705. The van der Waals surface area contributed by atoms with Crippen molar-refractivity contribution in [3.8, 4) is 0 Å². The molecule has 0 aromatic carbocycles. The van der Waals surface area contributed by atoms with Crippen molar-refractivity contribution in [3.63, 3.8) is 0 Å². The molecule has 0 aliphatic heterocycles. The van der Waals surface area contributed by atoms with E-state index in [4.69, 9.17) is 21.7 Å². The average Bonchev–Trinajstić information content (AvgIpc) is 2.16. The molecule has 6 N–H and O–H groups in total. The fourth-order valence-electron chi connectivity index (χ4n) is 0.770. The molecule has 0 aromatic rings. The molecule has 0 radical (unpaired) electrons. The third kappa shape index (κ3) is 7.81. The maximum absolute atomic E-state index is 10.4. The van der Waals surface area contributed by atoms with E-state index in [1.165, 1.54) is 0 Å². The quantitative estimate of drug-likeness (QED) is 0.335. The number of aliphatic hydroxyl groups excluding tert-OH is 1. The molecule has 0 amide bonds. The van der Waals surface area contributed by atoms with E-state index in [-0.39, 0.29) is 10.6 Å². The summed E-state index contributed by atoms with van der Waals surface area (Å²) in [5, 5.41) is 17.5. The summed E-state index contributed by atoms with van der Waals surface area (Å²) in [6.45, 7) is 0. The van der Waals surface area contributed by atoms with Crippen molar-refractivity contribution in [1.29, 1.82) is 0 Å². The molecule has 5 nitrogen and oxygen atoms in total. The molecule has 2 atom stereocenters. The van der Waals surface area contributed by atoms with Crippen molar-refractivity contribution in [2.45, 2.75) is 24.9 Å². The van der Waals surface area contributed by atoms with Crippen LogP contribution in [0.15, 0.2) is 0 Å². The van der Waals surface area contributed by atoms with Gasteiger partial charge in [-0.25, -0.2) is 0 Å².